The van der Waals surface area contributed by atoms with Gasteiger partial charge in [0.2, 0.25) is 0 Å². The van der Waals surface area contributed by atoms with Gasteiger partial charge < -0.3 is 10.5 Å². The number of benzene rings is 1. The van der Waals surface area contributed by atoms with Gasteiger partial charge in [0.1, 0.15) is 11.4 Å². The van der Waals surface area contributed by atoms with E-state index in [1.54, 1.807) is 42.2 Å². The van der Waals surface area contributed by atoms with Gasteiger partial charge in [0.15, 0.2) is 0 Å². The largest absolute Gasteiger partial charge is 0.436 e. The number of nitriles is 1. The summed E-state index contributed by atoms with van der Waals surface area (Å²) in [5.41, 5.74) is 6.75. The molecule has 0 amide bonds. The first-order valence-corrected chi connectivity index (χ1v) is 4.66. The van der Waals surface area contributed by atoms with Crippen molar-refractivity contribution in [3.8, 4) is 17.7 Å². The number of aryl methyl sites for hydroxylation is 1. The van der Waals surface area contributed by atoms with E-state index < -0.39 is 0 Å². The molecule has 0 radical (unpaired) electrons. The van der Waals surface area contributed by atoms with Crippen molar-refractivity contribution in [3.05, 3.63) is 36.0 Å². The van der Waals surface area contributed by atoms with Gasteiger partial charge in [-0.05, 0) is 24.3 Å². The van der Waals surface area contributed by atoms with Gasteiger partial charge >= 0.3 is 0 Å². The number of nitrogens with zero attached hydrogens (tertiary/aromatic N) is 3. The predicted molar refractivity (Wildman–Crippen MR) is 58.9 cm³/mol. The van der Waals surface area contributed by atoms with Crippen LogP contribution in [0.4, 0.5) is 5.69 Å². The van der Waals surface area contributed by atoms with Crippen LogP contribution in [-0.4, -0.2) is 9.78 Å². The van der Waals surface area contributed by atoms with E-state index in [9.17, 15) is 0 Å². The zero-order valence-electron chi connectivity index (χ0n) is 8.71. The average molecular weight is 214 g/mol. The molecule has 5 nitrogen and oxygen atoms in total. The summed E-state index contributed by atoms with van der Waals surface area (Å²) in [7, 11) is 1.77. The molecule has 0 bridgehead atoms. The molecule has 0 aliphatic heterocycles. The lowest BCUT2D eigenvalue weighted by Gasteiger charge is -2.02. The third kappa shape index (κ3) is 1.96. The van der Waals surface area contributed by atoms with Crippen molar-refractivity contribution in [2.45, 2.75) is 0 Å². The van der Waals surface area contributed by atoms with Crippen LogP contribution in [0, 0.1) is 11.3 Å². The summed E-state index contributed by atoms with van der Waals surface area (Å²) in [4.78, 5) is 0. The SMILES string of the molecule is Cn1cc(N)c(Oc2ccc(C#N)cc2)n1. The topological polar surface area (TPSA) is 76.9 Å². The molecule has 80 valence electrons. The van der Waals surface area contributed by atoms with Crippen LogP contribution in [0.1, 0.15) is 5.56 Å². The third-order valence-corrected chi connectivity index (χ3v) is 2.02. The highest BCUT2D eigenvalue weighted by Crippen LogP contribution is 2.24. The summed E-state index contributed by atoms with van der Waals surface area (Å²) in [6, 6.07) is 8.79. The van der Waals surface area contributed by atoms with E-state index in [1.165, 1.54) is 0 Å². The standard InChI is InChI=1S/C11H10N4O/c1-15-7-10(13)11(14-15)16-9-4-2-8(6-12)3-5-9/h2-5,7H,13H2,1H3. The first kappa shape index (κ1) is 10.1. The van der Waals surface area contributed by atoms with Gasteiger partial charge in [-0.25, -0.2) is 0 Å². The van der Waals surface area contributed by atoms with Gasteiger partial charge in [-0.3, -0.25) is 4.68 Å². The van der Waals surface area contributed by atoms with Crippen LogP contribution in [0.5, 0.6) is 11.6 Å². The fourth-order valence-corrected chi connectivity index (χ4v) is 1.27. The smallest absolute Gasteiger partial charge is 0.261 e. The molecule has 0 aliphatic carbocycles. The maximum absolute atomic E-state index is 8.64. The highest BCUT2D eigenvalue weighted by Gasteiger charge is 2.06. The van der Waals surface area contributed by atoms with Crippen molar-refractivity contribution in [1.82, 2.24) is 9.78 Å². The van der Waals surface area contributed by atoms with E-state index >= 15 is 0 Å². The van der Waals surface area contributed by atoms with Crippen molar-refractivity contribution in [1.29, 1.82) is 5.26 Å². The van der Waals surface area contributed by atoms with E-state index in [0.717, 1.165) is 0 Å². The summed E-state index contributed by atoms with van der Waals surface area (Å²) in [6.07, 6.45) is 1.67. The highest BCUT2D eigenvalue weighted by molar-refractivity contribution is 5.48. The van der Waals surface area contributed by atoms with Gasteiger partial charge in [0.05, 0.1) is 17.8 Å². The van der Waals surface area contributed by atoms with Gasteiger partial charge in [-0.2, -0.15) is 5.26 Å². The van der Waals surface area contributed by atoms with E-state index in [4.69, 9.17) is 15.7 Å². The molecule has 0 saturated carbocycles. The first-order valence-electron chi connectivity index (χ1n) is 4.66. The molecule has 0 saturated heterocycles. The molecule has 2 rings (SSSR count). The Morgan fingerprint density at radius 3 is 2.56 bits per heavy atom. The minimum Gasteiger partial charge on any atom is -0.436 e. The summed E-state index contributed by atoms with van der Waals surface area (Å²) in [5.74, 6) is 0.969. The maximum Gasteiger partial charge on any atom is 0.261 e. The average Bonchev–Trinajstić information content (AvgIpc) is 2.59. The van der Waals surface area contributed by atoms with Gasteiger partial charge in [0.25, 0.3) is 5.88 Å². The minimum absolute atomic E-state index is 0.368. The maximum atomic E-state index is 8.64. The van der Waals surface area contributed by atoms with Crippen LogP contribution >= 0.6 is 0 Å². The Hall–Kier alpha value is -2.48. The molecule has 0 spiro atoms. The van der Waals surface area contributed by atoms with Crippen molar-refractivity contribution < 1.29 is 4.74 Å². The summed E-state index contributed by atoms with van der Waals surface area (Å²) >= 11 is 0. The normalized spacial score (nSPS) is 9.75. The number of hydrogen-bond donors (Lipinski definition) is 1. The molecule has 1 aromatic carbocycles. The molecule has 0 unspecified atom stereocenters. The van der Waals surface area contributed by atoms with Crippen LogP contribution in [0.15, 0.2) is 30.5 Å². The molecule has 2 N–H and O–H groups in total. The second-order valence-corrected chi connectivity index (χ2v) is 3.30. The molecule has 1 heterocycles. The zero-order chi connectivity index (χ0) is 11.5. The van der Waals surface area contributed by atoms with Gasteiger partial charge in [-0.15, -0.1) is 5.10 Å². The lowest BCUT2D eigenvalue weighted by Crippen LogP contribution is -1.91. The summed E-state index contributed by atoms with van der Waals surface area (Å²) < 4.78 is 7.04. The third-order valence-electron chi connectivity index (χ3n) is 2.02. The Morgan fingerprint density at radius 2 is 2.06 bits per heavy atom. The van der Waals surface area contributed by atoms with E-state index in [2.05, 4.69) is 5.10 Å². The Bertz CT molecular complexity index is 536. The van der Waals surface area contributed by atoms with Crippen LogP contribution in [-0.2, 0) is 7.05 Å². The van der Waals surface area contributed by atoms with Crippen LogP contribution in [0.25, 0.3) is 0 Å². The highest BCUT2D eigenvalue weighted by atomic mass is 16.5. The summed E-state index contributed by atoms with van der Waals surface area (Å²) in [5, 5.41) is 12.7. The number of ether oxygens (including phenoxy) is 1. The Labute approximate surface area is 92.7 Å². The Balaban J connectivity index is 2.21. The number of anilines is 1. The first-order chi connectivity index (χ1) is 7.69. The van der Waals surface area contributed by atoms with Gasteiger partial charge in [-0.1, -0.05) is 0 Å². The van der Waals surface area contributed by atoms with E-state index in [1.807, 2.05) is 6.07 Å². The number of rotatable bonds is 2. The fraction of sp³-hybridized carbons (Fsp3) is 0.0909. The van der Waals surface area contributed by atoms with E-state index in [-0.39, 0.29) is 0 Å². The molecule has 16 heavy (non-hydrogen) atoms. The number of hydrogen-bond acceptors (Lipinski definition) is 4. The monoisotopic (exact) mass is 214 g/mol. The predicted octanol–water partition coefficient (Wildman–Crippen LogP) is 1.67. The number of nitrogens with two attached hydrogens (primary N) is 1. The van der Waals surface area contributed by atoms with Crippen molar-refractivity contribution >= 4 is 5.69 Å². The lowest BCUT2D eigenvalue weighted by molar-refractivity contribution is 0.456. The molecule has 5 heteroatoms. The van der Waals surface area contributed by atoms with Crippen LogP contribution in [0.2, 0.25) is 0 Å². The molecule has 2 aromatic rings. The van der Waals surface area contributed by atoms with Crippen molar-refractivity contribution in [3.63, 3.8) is 0 Å². The molecule has 0 atom stereocenters. The number of nitrogen functional groups attached to an aromatic ring is 1. The Kier molecular flexibility index (Phi) is 2.48. The van der Waals surface area contributed by atoms with Crippen molar-refractivity contribution in [2.24, 2.45) is 7.05 Å². The van der Waals surface area contributed by atoms with E-state index in [0.29, 0.717) is 22.9 Å². The molecule has 0 fully saturated rings. The molecular formula is C11H10N4O. The number of aromatic nitrogens is 2. The Morgan fingerprint density at radius 1 is 1.38 bits per heavy atom. The van der Waals surface area contributed by atoms with Gasteiger partial charge in [0, 0.05) is 7.05 Å². The fourth-order valence-electron chi connectivity index (χ4n) is 1.27. The summed E-state index contributed by atoms with van der Waals surface area (Å²) in [6.45, 7) is 0. The van der Waals surface area contributed by atoms with Crippen molar-refractivity contribution in [2.75, 3.05) is 5.73 Å². The quantitative estimate of drug-likeness (QED) is 0.824. The lowest BCUT2D eigenvalue weighted by atomic mass is 10.2. The molecular weight excluding hydrogens is 204 g/mol. The minimum atomic E-state index is 0.368. The second kappa shape index (κ2) is 3.95. The van der Waals surface area contributed by atoms with Crippen LogP contribution < -0.4 is 10.5 Å². The van der Waals surface area contributed by atoms with Crippen LogP contribution in [0.3, 0.4) is 0 Å². The molecule has 0 aliphatic rings. The zero-order valence-corrected chi connectivity index (χ0v) is 8.71. The second-order valence-electron chi connectivity index (χ2n) is 3.30. The molecule has 1 aromatic heterocycles.